The lowest BCUT2D eigenvalue weighted by Crippen LogP contribution is -2.30. The molecular formula is C7H11NO3. The zero-order chi connectivity index (χ0) is 8.43. The van der Waals surface area contributed by atoms with Crippen molar-refractivity contribution in [2.75, 3.05) is 0 Å². The number of aliphatic carboxylic acids is 1. The van der Waals surface area contributed by atoms with Gasteiger partial charge in [0.05, 0.1) is 11.8 Å². The summed E-state index contributed by atoms with van der Waals surface area (Å²) in [6.45, 7) is 0. The van der Waals surface area contributed by atoms with E-state index in [2.05, 4.69) is 0 Å². The summed E-state index contributed by atoms with van der Waals surface area (Å²) in [5.74, 6) is -2.35. The Morgan fingerprint density at radius 3 is 2.18 bits per heavy atom. The molecule has 4 heteroatoms. The van der Waals surface area contributed by atoms with Gasteiger partial charge < -0.3 is 10.8 Å². The Kier molecular flexibility index (Phi) is 2.12. The van der Waals surface area contributed by atoms with E-state index in [-0.39, 0.29) is 0 Å². The third-order valence-electron chi connectivity index (χ3n) is 2.20. The van der Waals surface area contributed by atoms with Gasteiger partial charge in [-0.3, -0.25) is 9.59 Å². The van der Waals surface area contributed by atoms with E-state index in [0.29, 0.717) is 12.8 Å². The second kappa shape index (κ2) is 2.90. The van der Waals surface area contributed by atoms with Crippen LogP contribution in [0.5, 0.6) is 0 Å². The molecule has 1 saturated carbocycles. The number of rotatable bonds is 2. The zero-order valence-electron chi connectivity index (χ0n) is 6.12. The first-order valence-electron chi connectivity index (χ1n) is 3.65. The molecule has 0 heterocycles. The van der Waals surface area contributed by atoms with Crippen molar-refractivity contribution in [2.24, 2.45) is 17.6 Å². The van der Waals surface area contributed by atoms with Crippen molar-refractivity contribution < 1.29 is 14.7 Å². The van der Waals surface area contributed by atoms with Gasteiger partial charge in [-0.2, -0.15) is 0 Å². The van der Waals surface area contributed by atoms with Gasteiger partial charge in [-0.15, -0.1) is 0 Å². The molecule has 1 fully saturated rings. The molecule has 0 aliphatic heterocycles. The normalized spacial score (nSPS) is 30.2. The molecule has 0 bridgehead atoms. The summed E-state index contributed by atoms with van der Waals surface area (Å²) in [6, 6.07) is 0. The van der Waals surface area contributed by atoms with Crippen LogP contribution in [-0.2, 0) is 9.59 Å². The van der Waals surface area contributed by atoms with Gasteiger partial charge in [-0.1, -0.05) is 6.42 Å². The summed E-state index contributed by atoms with van der Waals surface area (Å²) in [4.78, 5) is 21.2. The first kappa shape index (κ1) is 8.04. The van der Waals surface area contributed by atoms with Crippen LogP contribution in [0.2, 0.25) is 0 Å². The van der Waals surface area contributed by atoms with Crippen molar-refractivity contribution >= 4 is 11.9 Å². The fourth-order valence-electron chi connectivity index (χ4n) is 1.60. The molecule has 1 amide bonds. The Bertz CT molecular complexity index is 170. The Hall–Kier alpha value is -1.06. The van der Waals surface area contributed by atoms with Crippen LogP contribution in [0.3, 0.4) is 0 Å². The minimum Gasteiger partial charge on any atom is -0.481 e. The number of carboxylic acid groups (broad SMARTS) is 1. The predicted molar refractivity (Wildman–Crippen MR) is 37.7 cm³/mol. The summed E-state index contributed by atoms with van der Waals surface area (Å²) in [5, 5.41) is 8.62. The second-order valence-corrected chi connectivity index (χ2v) is 2.88. The highest BCUT2D eigenvalue weighted by Crippen LogP contribution is 2.31. The minimum absolute atomic E-state index is 0.438. The molecule has 1 aliphatic carbocycles. The number of nitrogens with two attached hydrogens (primary N) is 1. The summed E-state index contributed by atoms with van der Waals surface area (Å²) in [5.41, 5.74) is 5.02. The predicted octanol–water partition coefficient (Wildman–Crippen LogP) is -0.0274. The Labute approximate surface area is 64.4 Å². The number of hydrogen-bond donors (Lipinski definition) is 2. The molecule has 0 spiro atoms. The van der Waals surface area contributed by atoms with Crippen LogP contribution in [0.15, 0.2) is 0 Å². The van der Waals surface area contributed by atoms with Crippen molar-refractivity contribution in [3.63, 3.8) is 0 Å². The first-order valence-corrected chi connectivity index (χ1v) is 3.65. The molecule has 62 valence electrons. The maximum Gasteiger partial charge on any atom is 0.307 e. The lowest BCUT2D eigenvalue weighted by atomic mass is 9.96. The van der Waals surface area contributed by atoms with Crippen LogP contribution in [0.4, 0.5) is 0 Å². The number of primary amides is 1. The monoisotopic (exact) mass is 157 g/mol. The topological polar surface area (TPSA) is 80.4 Å². The van der Waals surface area contributed by atoms with Gasteiger partial charge in [0, 0.05) is 0 Å². The van der Waals surface area contributed by atoms with Crippen LogP contribution in [0.25, 0.3) is 0 Å². The zero-order valence-corrected chi connectivity index (χ0v) is 6.12. The first-order chi connectivity index (χ1) is 5.13. The molecular weight excluding hydrogens is 146 g/mol. The highest BCUT2D eigenvalue weighted by atomic mass is 16.4. The molecule has 0 saturated heterocycles. The van der Waals surface area contributed by atoms with Crippen molar-refractivity contribution in [1.29, 1.82) is 0 Å². The smallest absolute Gasteiger partial charge is 0.307 e. The van der Waals surface area contributed by atoms with Crippen molar-refractivity contribution in [3.05, 3.63) is 0 Å². The van der Waals surface area contributed by atoms with Gasteiger partial charge in [0.2, 0.25) is 5.91 Å². The summed E-state index contributed by atoms with van der Waals surface area (Å²) in [7, 11) is 0. The van der Waals surface area contributed by atoms with Gasteiger partial charge in [0.25, 0.3) is 0 Å². The molecule has 11 heavy (non-hydrogen) atoms. The highest BCUT2D eigenvalue weighted by Gasteiger charge is 2.36. The number of hydrogen-bond acceptors (Lipinski definition) is 2. The highest BCUT2D eigenvalue weighted by molar-refractivity contribution is 5.83. The van der Waals surface area contributed by atoms with Crippen LogP contribution >= 0.6 is 0 Å². The van der Waals surface area contributed by atoms with E-state index < -0.39 is 23.7 Å². The molecule has 2 atom stereocenters. The molecule has 3 N–H and O–H groups in total. The summed E-state index contributed by atoms with van der Waals surface area (Å²) >= 11 is 0. The average Bonchev–Trinajstić information content (AvgIpc) is 2.32. The Balaban J connectivity index is 2.65. The van der Waals surface area contributed by atoms with Crippen LogP contribution in [0.1, 0.15) is 19.3 Å². The Morgan fingerprint density at radius 1 is 1.27 bits per heavy atom. The van der Waals surface area contributed by atoms with Crippen LogP contribution in [0, 0.1) is 11.8 Å². The molecule has 0 aromatic carbocycles. The third-order valence-corrected chi connectivity index (χ3v) is 2.20. The summed E-state index contributed by atoms with van der Waals surface area (Å²) in [6.07, 6.45) is 2.01. The molecule has 1 aliphatic rings. The lowest BCUT2D eigenvalue weighted by molar-refractivity contribution is -0.145. The van der Waals surface area contributed by atoms with Crippen molar-refractivity contribution in [1.82, 2.24) is 0 Å². The standard InChI is InChI=1S/C7H11NO3/c8-6(9)4-2-1-3-5(4)7(10)11/h4-5H,1-3H2,(H2,8,9)(H,10,11). The summed E-state index contributed by atoms with van der Waals surface area (Å²) < 4.78 is 0. The molecule has 0 radical (unpaired) electrons. The fraction of sp³-hybridized carbons (Fsp3) is 0.714. The molecule has 1 rings (SSSR count). The average molecular weight is 157 g/mol. The number of carboxylic acids is 1. The minimum atomic E-state index is -0.897. The van der Waals surface area contributed by atoms with E-state index in [1.807, 2.05) is 0 Å². The lowest BCUT2D eigenvalue weighted by Gasteiger charge is -2.10. The van der Waals surface area contributed by atoms with E-state index in [0.717, 1.165) is 6.42 Å². The number of carbonyl (C=O) groups is 2. The van der Waals surface area contributed by atoms with E-state index in [1.165, 1.54) is 0 Å². The van der Waals surface area contributed by atoms with Crippen molar-refractivity contribution in [2.45, 2.75) is 19.3 Å². The van der Waals surface area contributed by atoms with Gasteiger partial charge in [0.15, 0.2) is 0 Å². The maximum absolute atomic E-state index is 10.7. The largest absolute Gasteiger partial charge is 0.481 e. The van der Waals surface area contributed by atoms with Gasteiger partial charge in [-0.05, 0) is 12.8 Å². The SMILES string of the molecule is NC(=O)C1CCCC1C(=O)O. The molecule has 4 nitrogen and oxygen atoms in total. The molecule has 0 aromatic rings. The van der Waals surface area contributed by atoms with E-state index in [4.69, 9.17) is 10.8 Å². The molecule has 0 aromatic heterocycles. The van der Waals surface area contributed by atoms with Gasteiger partial charge >= 0.3 is 5.97 Å². The van der Waals surface area contributed by atoms with Gasteiger partial charge in [-0.25, -0.2) is 0 Å². The van der Waals surface area contributed by atoms with E-state index >= 15 is 0 Å². The second-order valence-electron chi connectivity index (χ2n) is 2.88. The number of amides is 1. The van der Waals surface area contributed by atoms with Gasteiger partial charge in [0.1, 0.15) is 0 Å². The van der Waals surface area contributed by atoms with E-state index in [1.54, 1.807) is 0 Å². The third kappa shape index (κ3) is 1.50. The molecule has 2 unspecified atom stereocenters. The van der Waals surface area contributed by atoms with Crippen LogP contribution < -0.4 is 5.73 Å². The Morgan fingerprint density at radius 2 is 1.82 bits per heavy atom. The van der Waals surface area contributed by atoms with Crippen molar-refractivity contribution in [3.8, 4) is 0 Å². The van der Waals surface area contributed by atoms with Crippen LogP contribution in [-0.4, -0.2) is 17.0 Å². The number of carbonyl (C=O) groups excluding carboxylic acids is 1. The quantitative estimate of drug-likeness (QED) is 0.590. The maximum atomic E-state index is 10.7. The van der Waals surface area contributed by atoms with E-state index in [9.17, 15) is 9.59 Å². The fourth-order valence-corrected chi connectivity index (χ4v) is 1.60.